The van der Waals surface area contributed by atoms with Crippen molar-refractivity contribution in [1.82, 2.24) is 9.55 Å². The molecular weight excluding hydrogens is 450 g/mol. The minimum atomic E-state index is -0.159. The van der Waals surface area contributed by atoms with Crippen LogP contribution in [-0.4, -0.2) is 15.5 Å². The van der Waals surface area contributed by atoms with Crippen LogP contribution in [0.4, 0.5) is 5.69 Å². The summed E-state index contributed by atoms with van der Waals surface area (Å²) in [7, 11) is 0. The predicted molar refractivity (Wildman–Crippen MR) is 121 cm³/mol. The van der Waals surface area contributed by atoms with Gasteiger partial charge in [0.2, 0.25) is 5.91 Å². The van der Waals surface area contributed by atoms with Gasteiger partial charge in [0, 0.05) is 28.4 Å². The van der Waals surface area contributed by atoms with Gasteiger partial charge in [-0.1, -0.05) is 42.0 Å². The van der Waals surface area contributed by atoms with Crippen molar-refractivity contribution in [3.63, 3.8) is 0 Å². The number of amides is 1. The van der Waals surface area contributed by atoms with Crippen molar-refractivity contribution < 1.29 is 4.79 Å². The molecule has 0 atom stereocenters. The summed E-state index contributed by atoms with van der Waals surface area (Å²) in [4.78, 5) is 30.5. The van der Waals surface area contributed by atoms with E-state index in [0.29, 0.717) is 15.9 Å². The number of hydrogen-bond donors (Lipinski definition) is 1. The van der Waals surface area contributed by atoms with Crippen molar-refractivity contribution in [2.45, 2.75) is 19.9 Å². The highest BCUT2D eigenvalue weighted by Crippen LogP contribution is 2.30. The SMILES string of the molecule is Cc1ccc(-c2csc3ncn(CCC(=O)Nc4ccccc4Br)c(=O)c23)cc1. The van der Waals surface area contributed by atoms with E-state index in [0.717, 1.165) is 15.6 Å². The fourth-order valence-corrected chi connectivity index (χ4v) is 4.36. The van der Waals surface area contributed by atoms with Crippen LogP contribution in [-0.2, 0) is 11.3 Å². The molecule has 4 aromatic rings. The second-order valence-electron chi connectivity index (χ2n) is 6.72. The van der Waals surface area contributed by atoms with Crippen LogP contribution in [0.2, 0.25) is 0 Å². The number of aromatic nitrogens is 2. The fraction of sp³-hybridized carbons (Fsp3) is 0.136. The number of nitrogens with zero attached hydrogens (tertiary/aromatic N) is 2. The highest BCUT2D eigenvalue weighted by Gasteiger charge is 2.14. The number of benzene rings is 2. The molecule has 0 aliphatic rings. The molecule has 0 fully saturated rings. The number of rotatable bonds is 5. The van der Waals surface area contributed by atoms with Gasteiger partial charge in [-0.25, -0.2) is 4.98 Å². The summed E-state index contributed by atoms with van der Waals surface area (Å²) in [5.74, 6) is -0.159. The Morgan fingerprint density at radius 1 is 1.17 bits per heavy atom. The second-order valence-corrected chi connectivity index (χ2v) is 8.43. The Kier molecular flexibility index (Phi) is 5.60. The van der Waals surface area contributed by atoms with Gasteiger partial charge in [-0.2, -0.15) is 0 Å². The number of hydrogen-bond acceptors (Lipinski definition) is 4. The maximum absolute atomic E-state index is 13.1. The third kappa shape index (κ3) is 4.16. The van der Waals surface area contributed by atoms with Crippen molar-refractivity contribution in [2.24, 2.45) is 0 Å². The Bertz CT molecular complexity index is 1250. The molecule has 0 bridgehead atoms. The van der Waals surface area contributed by atoms with Crippen molar-refractivity contribution in [2.75, 3.05) is 5.32 Å². The molecule has 5 nitrogen and oxygen atoms in total. The number of carbonyl (C=O) groups is 1. The number of carbonyl (C=O) groups excluding carboxylic acids is 1. The van der Waals surface area contributed by atoms with E-state index in [1.807, 2.05) is 60.8 Å². The van der Waals surface area contributed by atoms with Crippen molar-refractivity contribution in [1.29, 1.82) is 0 Å². The molecule has 0 aliphatic heterocycles. The monoisotopic (exact) mass is 467 g/mol. The summed E-state index contributed by atoms with van der Waals surface area (Å²) in [6.07, 6.45) is 1.70. The van der Waals surface area contributed by atoms with E-state index in [1.165, 1.54) is 27.8 Å². The lowest BCUT2D eigenvalue weighted by atomic mass is 10.1. The number of thiophene rings is 1. The first kappa shape index (κ1) is 19.5. The van der Waals surface area contributed by atoms with Crippen LogP contribution in [0, 0.1) is 6.92 Å². The molecule has 4 rings (SSSR count). The summed E-state index contributed by atoms with van der Waals surface area (Å²) in [6, 6.07) is 15.5. The van der Waals surface area contributed by atoms with Gasteiger partial charge in [0.05, 0.1) is 17.4 Å². The zero-order valence-corrected chi connectivity index (χ0v) is 18.1. The largest absolute Gasteiger partial charge is 0.325 e. The minimum Gasteiger partial charge on any atom is -0.325 e. The average Bonchev–Trinajstić information content (AvgIpc) is 3.15. The lowest BCUT2D eigenvalue weighted by molar-refractivity contribution is -0.116. The average molecular weight is 468 g/mol. The number of nitrogens with one attached hydrogen (secondary N) is 1. The third-order valence-electron chi connectivity index (χ3n) is 4.65. The van der Waals surface area contributed by atoms with Crippen LogP contribution in [0.25, 0.3) is 21.3 Å². The summed E-state index contributed by atoms with van der Waals surface area (Å²) in [6.45, 7) is 2.30. The Hall–Kier alpha value is -2.77. The lowest BCUT2D eigenvalue weighted by Gasteiger charge is -2.09. The maximum atomic E-state index is 13.1. The molecule has 0 radical (unpaired) electrons. The second kappa shape index (κ2) is 8.31. The summed E-state index contributed by atoms with van der Waals surface area (Å²) in [5, 5.41) is 5.43. The molecule has 0 aliphatic carbocycles. The van der Waals surface area contributed by atoms with Crippen LogP contribution >= 0.6 is 27.3 Å². The van der Waals surface area contributed by atoms with Crippen LogP contribution in [0.5, 0.6) is 0 Å². The number of para-hydroxylation sites is 1. The van der Waals surface area contributed by atoms with Gasteiger partial charge in [0.25, 0.3) is 5.56 Å². The number of fused-ring (bicyclic) bond motifs is 1. The van der Waals surface area contributed by atoms with Crippen molar-refractivity contribution in [3.05, 3.63) is 80.6 Å². The van der Waals surface area contributed by atoms with Crippen molar-refractivity contribution >= 4 is 49.1 Å². The number of halogens is 1. The van der Waals surface area contributed by atoms with Crippen LogP contribution in [0.15, 0.2) is 69.5 Å². The van der Waals surface area contributed by atoms with E-state index in [4.69, 9.17) is 0 Å². The van der Waals surface area contributed by atoms with E-state index in [-0.39, 0.29) is 24.4 Å². The van der Waals surface area contributed by atoms with Gasteiger partial charge in [-0.05, 0) is 40.5 Å². The zero-order chi connectivity index (χ0) is 20.4. The minimum absolute atomic E-state index is 0.125. The van der Waals surface area contributed by atoms with Crippen LogP contribution in [0.1, 0.15) is 12.0 Å². The van der Waals surface area contributed by atoms with Gasteiger partial charge < -0.3 is 5.32 Å². The number of anilines is 1. The van der Waals surface area contributed by atoms with E-state index >= 15 is 0 Å². The molecule has 7 heteroatoms. The Labute approximate surface area is 180 Å². The molecule has 1 amide bonds. The Morgan fingerprint density at radius 2 is 1.93 bits per heavy atom. The molecule has 146 valence electrons. The van der Waals surface area contributed by atoms with Gasteiger partial charge >= 0.3 is 0 Å². The summed E-state index contributed by atoms with van der Waals surface area (Å²) < 4.78 is 2.32. The maximum Gasteiger partial charge on any atom is 0.262 e. The van der Waals surface area contributed by atoms with E-state index in [1.54, 1.807) is 0 Å². The highest BCUT2D eigenvalue weighted by molar-refractivity contribution is 9.10. The zero-order valence-electron chi connectivity index (χ0n) is 15.7. The quantitative estimate of drug-likeness (QED) is 0.437. The summed E-state index contributed by atoms with van der Waals surface area (Å²) in [5.41, 5.74) is 3.62. The molecule has 2 aromatic heterocycles. The molecule has 0 unspecified atom stereocenters. The van der Waals surface area contributed by atoms with E-state index < -0.39 is 0 Å². The molecule has 2 aromatic carbocycles. The van der Waals surface area contributed by atoms with Gasteiger partial charge in [0.15, 0.2) is 0 Å². The Balaban J connectivity index is 1.57. The summed E-state index contributed by atoms with van der Waals surface area (Å²) >= 11 is 4.87. The van der Waals surface area contributed by atoms with Gasteiger partial charge in [-0.3, -0.25) is 14.2 Å². The molecule has 29 heavy (non-hydrogen) atoms. The van der Waals surface area contributed by atoms with Crippen molar-refractivity contribution in [3.8, 4) is 11.1 Å². The molecule has 0 saturated heterocycles. The van der Waals surface area contributed by atoms with Gasteiger partial charge in [-0.15, -0.1) is 11.3 Å². The topological polar surface area (TPSA) is 64.0 Å². The smallest absolute Gasteiger partial charge is 0.262 e. The molecule has 2 heterocycles. The van der Waals surface area contributed by atoms with Gasteiger partial charge in [0.1, 0.15) is 4.83 Å². The first-order valence-electron chi connectivity index (χ1n) is 9.11. The Morgan fingerprint density at radius 3 is 2.69 bits per heavy atom. The first-order valence-corrected chi connectivity index (χ1v) is 10.8. The van der Waals surface area contributed by atoms with Crippen LogP contribution < -0.4 is 10.9 Å². The lowest BCUT2D eigenvalue weighted by Crippen LogP contribution is -2.23. The predicted octanol–water partition coefficient (Wildman–Crippen LogP) is 5.22. The molecule has 1 N–H and O–H groups in total. The van der Waals surface area contributed by atoms with Crippen LogP contribution in [0.3, 0.4) is 0 Å². The highest BCUT2D eigenvalue weighted by atomic mass is 79.9. The standard InChI is InChI=1S/C22H18BrN3O2S/c1-14-6-8-15(9-7-14)16-12-29-21-20(16)22(28)26(13-24-21)11-10-19(27)25-18-5-3-2-4-17(18)23/h2-9,12-13H,10-11H2,1H3,(H,25,27). The fourth-order valence-electron chi connectivity index (χ4n) is 3.07. The third-order valence-corrected chi connectivity index (χ3v) is 6.23. The molecular formula is C22H18BrN3O2S. The normalized spacial score (nSPS) is 11.0. The molecule has 0 spiro atoms. The number of aryl methyl sites for hydroxylation is 2. The van der Waals surface area contributed by atoms with E-state index in [9.17, 15) is 9.59 Å². The van der Waals surface area contributed by atoms with E-state index in [2.05, 4.69) is 26.2 Å². The first-order chi connectivity index (χ1) is 14.0. The molecule has 0 saturated carbocycles.